The van der Waals surface area contributed by atoms with Gasteiger partial charge < -0.3 is 10.0 Å². The topological polar surface area (TPSA) is 35.8 Å². The molecule has 0 atom stereocenters. The summed E-state index contributed by atoms with van der Waals surface area (Å²) in [6.07, 6.45) is 2.53. The molecular formula is C11H15BrN2O. The van der Waals surface area contributed by atoms with Crippen LogP contribution in [0.25, 0.3) is 0 Å². The molecule has 0 aliphatic carbocycles. The fourth-order valence-corrected chi connectivity index (χ4v) is 1.59. The summed E-state index contributed by atoms with van der Waals surface area (Å²) in [7, 11) is 3.83. The molecule has 1 aromatic rings. The molecule has 3 nitrogen and oxygen atoms in total. The number of halogens is 1. The van der Waals surface area contributed by atoms with Crippen molar-refractivity contribution in [3.8, 4) is 5.75 Å². The molecule has 0 aromatic heterocycles. The van der Waals surface area contributed by atoms with Gasteiger partial charge >= 0.3 is 0 Å². The van der Waals surface area contributed by atoms with Gasteiger partial charge in [-0.25, -0.2) is 4.99 Å². The van der Waals surface area contributed by atoms with E-state index in [0.29, 0.717) is 5.75 Å². The fourth-order valence-electron chi connectivity index (χ4n) is 1.15. The van der Waals surface area contributed by atoms with Crippen molar-refractivity contribution in [2.24, 2.45) is 4.99 Å². The number of phenolic OH excluding ortho intramolecular Hbond substituents is 1. The average molecular weight is 271 g/mol. The van der Waals surface area contributed by atoms with E-state index in [0.717, 1.165) is 22.1 Å². The lowest BCUT2D eigenvalue weighted by atomic mass is 10.1. The van der Waals surface area contributed by atoms with Gasteiger partial charge in [0, 0.05) is 18.6 Å². The maximum atomic E-state index is 9.60. The van der Waals surface area contributed by atoms with Gasteiger partial charge in [-0.3, -0.25) is 0 Å². The molecule has 0 spiro atoms. The minimum atomic E-state index is 0.313. The summed E-state index contributed by atoms with van der Waals surface area (Å²) in [6.45, 7) is 2.00. The lowest BCUT2D eigenvalue weighted by Gasteiger charge is -2.07. The monoisotopic (exact) mass is 270 g/mol. The smallest absolute Gasteiger partial charge is 0.120 e. The minimum absolute atomic E-state index is 0.313. The van der Waals surface area contributed by atoms with E-state index in [1.807, 2.05) is 32.0 Å². The van der Waals surface area contributed by atoms with Crippen LogP contribution in [-0.4, -0.2) is 30.4 Å². The summed E-state index contributed by atoms with van der Waals surface area (Å²) in [5.41, 5.74) is 1.74. The van der Waals surface area contributed by atoms with Crippen LogP contribution < -0.4 is 0 Å². The zero-order chi connectivity index (χ0) is 11.4. The Morgan fingerprint density at radius 3 is 2.67 bits per heavy atom. The van der Waals surface area contributed by atoms with Crippen LogP contribution in [0.15, 0.2) is 21.6 Å². The van der Waals surface area contributed by atoms with Crippen LogP contribution >= 0.6 is 15.9 Å². The van der Waals surface area contributed by atoms with E-state index in [1.165, 1.54) is 0 Å². The van der Waals surface area contributed by atoms with Gasteiger partial charge in [-0.05, 0) is 40.0 Å². The Morgan fingerprint density at radius 1 is 1.47 bits per heavy atom. The average Bonchev–Trinajstić information content (AvgIpc) is 2.16. The number of aliphatic imine (C=N–C) groups is 1. The van der Waals surface area contributed by atoms with Crippen LogP contribution in [0.5, 0.6) is 5.75 Å². The number of nitrogens with zero attached hydrogens (tertiary/aromatic N) is 2. The summed E-state index contributed by atoms with van der Waals surface area (Å²) in [6, 6.07) is 3.57. The number of hydrogen-bond acceptors (Lipinski definition) is 2. The van der Waals surface area contributed by atoms with Crippen LogP contribution in [0.2, 0.25) is 0 Å². The molecule has 0 saturated heterocycles. The second kappa shape index (κ2) is 5.16. The predicted octanol–water partition coefficient (Wildman–Crippen LogP) is 2.94. The number of aromatic hydroxyl groups is 1. The van der Waals surface area contributed by atoms with Gasteiger partial charge in [-0.1, -0.05) is 6.92 Å². The van der Waals surface area contributed by atoms with Crippen LogP contribution in [0.3, 0.4) is 0 Å². The maximum absolute atomic E-state index is 9.60. The predicted molar refractivity (Wildman–Crippen MR) is 67.0 cm³/mol. The third-order valence-electron chi connectivity index (χ3n) is 1.96. The number of rotatable bonds is 3. The Morgan fingerprint density at radius 2 is 2.13 bits per heavy atom. The molecule has 0 heterocycles. The van der Waals surface area contributed by atoms with Crippen molar-refractivity contribution in [3.63, 3.8) is 0 Å². The standard InChI is InChI=1S/C11H15BrN2O/c1-4-8-5-10(13-7-14(2)3)9(12)6-11(8)15/h5-7,15H,4H2,1-3H3. The van der Waals surface area contributed by atoms with Crippen LogP contribution in [0, 0.1) is 0 Å². The molecule has 0 unspecified atom stereocenters. The van der Waals surface area contributed by atoms with Crippen molar-refractivity contribution in [2.45, 2.75) is 13.3 Å². The Bertz CT molecular complexity index is 375. The van der Waals surface area contributed by atoms with Crippen molar-refractivity contribution in [2.75, 3.05) is 14.1 Å². The van der Waals surface area contributed by atoms with E-state index < -0.39 is 0 Å². The normalized spacial score (nSPS) is 10.9. The Kier molecular flexibility index (Phi) is 4.15. The minimum Gasteiger partial charge on any atom is -0.508 e. The number of phenols is 1. The van der Waals surface area contributed by atoms with E-state index in [9.17, 15) is 5.11 Å². The first-order valence-corrected chi connectivity index (χ1v) is 5.56. The first-order valence-electron chi connectivity index (χ1n) is 4.76. The molecular weight excluding hydrogens is 256 g/mol. The van der Waals surface area contributed by atoms with E-state index in [4.69, 9.17) is 0 Å². The van der Waals surface area contributed by atoms with Gasteiger partial charge in [-0.2, -0.15) is 0 Å². The zero-order valence-electron chi connectivity index (χ0n) is 9.16. The molecule has 15 heavy (non-hydrogen) atoms. The molecule has 0 bridgehead atoms. The van der Waals surface area contributed by atoms with Gasteiger partial charge in [0.05, 0.1) is 12.0 Å². The molecule has 0 aliphatic heterocycles. The quantitative estimate of drug-likeness (QED) is 0.677. The van der Waals surface area contributed by atoms with Crippen molar-refractivity contribution >= 4 is 28.0 Å². The zero-order valence-corrected chi connectivity index (χ0v) is 10.7. The van der Waals surface area contributed by atoms with Crippen molar-refractivity contribution in [3.05, 3.63) is 22.2 Å². The summed E-state index contributed by atoms with van der Waals surface area (Å²) < 4.78 is 0.801. The molecule has 4 heteroatoms. The molecule has 0 radical (unpaired) electrons. The Labute approximate surface area is 98.6 Å². The third kappa shape index (κ3) is 3.23. The summed E-state index contributed by atoms with van der Waals surface area (Å²) in [4.78, 5) is 6.16. The molecule has 0 fully saturated rings. The van der Waals surface area contributed by atoms with Gasteiger partial charge in [-0.15, -0.1) is 0 Å². The van der Waals surface area contributed by atoms with E-state index in [2.05, 4.69) is 20.9 Å². The van der Waals surface area contributed by atoms with E-state index >= 15 is 0 Å². The van der Waals surface area contributed by atoms with Crippen molar-refractivity contribution < 1.29 is 5.11 Å². The lowest BCUT2D eigenvalue weighted by molar-refractivity contribution is 0.468. The Hall–Kier alpha value is -1.03. The highest BCUT2D eigenvalue weighted by atomic mass is 79.9. The Balaban J connectivity index is 3.07. The number of hydrogen-bond donors (Lipinski definition) is 1. The first-order chi connectivity index (χ1) is 7.04. The first kappa shape index (κ1) is 12.0. The highest BCUT2D eigenvalue weighted by Crippen LogP contribution is 2.32. The molecule has 0 saturated carbocycles. The van der Waals surface area contributed by atoms with E-state index in [1.54, 1.807) is 12.4 Å². The van der Waals surface area contributed by atoms with Gasteiger partial charge in [0.15, 0.2) is 0 Å². The van der Waals surface area contributed by atoms with Crippen molar-refractivity contribution in [1.82, 2.24) is 4.90 Å². The highest BCUT2D eigenvalue weighted by Gasteiger charge is 2.05. The van der Waals surface area contributed by atoms with Crippen LogP contribution in [0.1, 0.15) is 12.5 Å². The third-order valence-corrected chi connectivity index (χ3v) is 2.59. The number of aryl methyl sites for hydroxylation is 1. The highest BCUT2D eigenvalue weighted by molar-refractivity contribution is 9.10. The molecule has 1 N–H and O–H groups in total. The largest absolute Gasteiger partial charge is 0.508 e. The van der Waals surface area contributed by atoms with Crippen LogP contribution in [0.4, 0.5) is 5.69 Å². The van der Waals surface area contributed by atoms with E-state index in [-0.39, 0.29) is 0 Å². The van der Waals surface area contributed by atoms with Gasteiger partial charge in [0.1, 0.15) is 5.75 Å². The SMILES string of the molecule is CCc1cc(N=CN(C)C)c(Br)cc1O. The molecule has 0 amide bonds. The molecule has 1 aromatic carbocycles. The molecule has 0 aliphatic rings. The molecule has 1 rings (SSSR count). The second-order valence-electron chi connectivity index (χ2n) is 3.49. The second-order valence-corrected chi connectivity index (χ2v) is 4.35. The van der Waals surface area contributed by atoms with Crippen molar-refractivity contribution in [1.29, 1.82) is 0 Å². The summed E-state index contributed by atoms with van der Waals surface area (Å²) in [5, 5.41) is 9.60. The number of benzene rings is 1. The molecule has 82 valence electrons. The van der Waals surface area contributed by atoms with Gasteiger partial charge in [0.2, 0.25) is 0 Å². The summed E-state index contributed by atoms with van der Waals surface area (Å²) >= 11 is 3.37. The lowest BCUT2D eigenvalue weighted by Crippen LogP contribution is -2.07. The fraction of sp³-hybridized carbons (Fsp3) is 0.364. The van der Waals surface area contributed by atoms with Gasteiger partial charge in [0.25, 0.3) is 0 Å². The maximum Gasteiger partial charge on any atom is 0.120 e. The summed E-state index contributed by atoms with van der Waals surface area (Å²) in [5.74, 6) is 0.313. The van der Waals surface area contributed by atoms with Crippen LogP contribution in [-0.2, 0) is 6.42 Å².